The van der Waals surface area contributed by atoms with Crippen molar-refractivity contribution < 1.29 is 0 Å². The lowest BCUT2D eigenvalue weighted by atomic mass is 10.0. The lowest BCUT2D eigenvalue weighted by Gasteiger charge is -2.10. The number of rotatable bonds is 0. The molecule has 2 nitrogen and oxygen atoms in total. The van der Waals surface area contributed by atoms with Crippen LogP contribution in [-0.2, 0) is 0 Å². The predicted molar refractivity (Wildman–Crippen MR) is 40.5 cm³/mol. The van der Waals surface area contributed by atoms with Crippen LogP contribution in [0.1, 0.15) is 19.3 Å². The van der Waals surface area contributed by atoms with Crippen molar-refractivity contribution >= 4 is 0 Å². The minimum absolute atomic E-state index is 0.324. The Bertz CT molecular complexity index is 137. The largest absolute Gasteiger partial charge is 0.306 e. The van der Waals surface area contributed by atoms with Crippen LogP contribution < -0.4 is 0 Å². The Labute approximate surface area is 62.4 Å². The van der Waals surface area contributed by atoms with Crippen molar-refractivity contribution in [2.75, 3.05) is 20.1 Å². The van der Waals surface area contributed by atoms with Crippen LogP contribution in [0.4, 0.5) is 0 Å². The first kappa shape index (κ1) is 7.56. The smallest absolute Gasteiger partial charge is 0.0656 e. The quantitative estimate of drug-likeness (QED) is 0.503. The van der Waals surface area contributed by atoms with E-state index in [2.05, 4.69) is 18.0 Å². The number of hydrogen-bond acceptors (Lipinski definition) is 2. The van der Waals surface area contributed by atoms with Crippen LogP contribution in [0, 0.1) is 17.2 Å². The van der Waals surface area contributed by atoms with Crippen molar-refractivity contribution in [3.63, 3.8) is 0 Å². The van der Waals surface area contributed by atoms with Gasteiger partial charge in [0.25, 0.3) is 0 Å². The van der Waals surface area contributed by atoms with E-state index in [0.29, 0.717) is 5.92 Å². The molecule has 0 N–H and O–H groups in total. The van der Waals surface area contributed by atoms with Gasteiger partial charge in [-0.3, -0.25) is 0 Å². The van der Waals surface area contributed by atoms with E-state index in [9.17, 15) is 0 Å². The molecular weight excluding hydrogens is 124 g/mol. The first-order valence-corrected chi connectivity index (χ1v) is 3.91. The third kappa shape index (κ3) is 2.00. The van der Waals surface area contributed by atoms with Crippen molar-refractivity contribution in [1.82, 2.24) is 4.90 Å². The molecule has 0 aromatic carbocycles. The van der Waals surface area contributed by atoms with Crippen LogP contribution >= 0.6 is 0 Å². The molecule has 0 spiro atoms. The summed E-state index contributed by atoms with van der Waals surface area (Å²) in [5.74, 6) is 0.324. The molecule has 0 bridgehead atoms. The molecule has 1 unspecified atom stereocenters. The highest BCUT2D eigenvalue weighted by Crippen LogP contribution is 2.14. The van der Waals surface area contributed by atoms with Crippen LogP contribution in [0.3, 0.4) is 0 Å². The molecular formula is C8H14N2. The second-order valence-electron chi connectivity index (χ2n) is 3.06. The Morgan fingerprint density at radius 1 is 1.40 bits per heavy atom. The van der Waals surface area contributed by atoms with Crippen molar-refractivity contribution in [3.8, 4) is 6.07 Å². The van der Waals surface area contributed by atoms with Gasteiger partial charge in [-0.15, -0.1) is 0 Å². The number of likely N-dealkylation sites (tertiary alicyclic amines) is 1. The highest BCUT2D eigenvalue weighted by Gasteiger charge is 2.12. The van der Waals surface area contributed by atoms with Gasteiger partial charge in [0.15, 0.2) is 0 Å². The van der Waals surface area contributed by atoms with Gasteiger partial charge in [0.05, 0.1) is 6.07 Å². The molecule has 1 rings (SSSR count). The summed E-state index contributed by atoms with van der Waals surface area (Å²) in [6.07, 6.45) is 3.35. The van der Waals surface area contributed by atoms with E-state index in [1.165, 1.54) is 6.42 Å². The van der Waals surface area contributed by atoms with E-state index in [0.717, 1.165) is 25.9 Å². The van der Waals surface area contributed by atoms with Gasteiger partial charge >= 0.3 is 0 Å². The van der Waals surface area contributed by atoms with Gasteiger partial charge in [0.2, 0.25) is 0 Å². The fraction of sp³-hybridized carbons (Fsp3) is 0.875. The Morgan fingerprint density at radius 2 is 2.20 bits per heavy atom. The minimum atomic E-state index is 0.324. The van der Waals surface area contributed by atoms with Crippen LogP contribution in [0.2, 0.25) is 0 Å². The summed E-state index contributed by atoms with van der Waals surface area (Å²) in [4.78, 5) is 2.30. The van der Waals surface area contributed by atoms with Crippen molar-refractivity contribution in [1.29, 1.82) is 5.26 Å². The van der Waals surface area contributed by atoms with E-state index in [4.69, 9.17) is 5.26 Å². The molecule has 1 aliphatic heterocycles. The highest BCUT2D eigenvalue weighted by molar-refractivity contribution is 4.84. The highest BCUT2D eigenvalue weighted by atomic mass is 15.1. The van der Waals surface area contributed by atoms with Gasteiger partial charge in [0, 0.05) is 5.92 Å². The van der Waals surface area contributed by atoms with E-state index in [1.807, 2.05) is 0 Å². The van der Waals surface area contributed by atoms with Crippen LogP contribution in [0.15, 0.2) is 0 Å². The molecule has 2 heteroatoms. The van der Waals surface area contributed by atoms with Gasteiger partial charge < -0.3 is 4.90 Å². The maximum atomic E-state index is 8.63. The second kappa shape index (κ2) is 3.58. The topological polar surface area (TPSA) is 27.0 Å². The normalized spacial score (nSPS) is 29.0. The van der Waals surface area contributed by atoms with Crippen LogP contribution in [0.25, 0.3) is 0 Å². The van der Waals surface area contributed by atoms with Gasteiger partial charge in [-0.25, -0.2) is 0 Å². The van der Waals surface area contributed by atoms with E-state index in [-0.39, 0.29) is 0 Å². The third-order valence-corrected chi connectivity index (χ3v) is 2.13. The second-order valence-corrected chi connectivity index (χ2v) is 3.06. The molecule has 1 atom stereocenters. The van der Waals surface area contributed by atoms with Crippen molar-refractivity contribution in [2.45, 2.75) is 19.3 Å². The summed E-state index contributed by atoms with van der Waals surface area (Å²) in [6, 6.07) is 2.34. The summed E-state index contributed by atoms with van der Waals surface area (Å²) in [5.41, 5.74) is 0. The van der Waals surface area contributed by atoms with E-state index < -0.39 is 0 Å². The number of hydrogen-bond donors (Lipinski definition) is 0. The maximum absolute atomic E-state index is 8.63. The zero-order valence-corrected chi connectivity index (χ0v) is 6.51. The molecule has 0 aliphatic carbocycles. The fourth-order valence-electron chi connectivity index (χ4n) is 1.37. The molecule has 1 aliphatic rings. The van der Waals surface area contributed by atoms with Crippen LogP contribution in [-0.4, -0.2) is 25.0 Å². The summed E-state index contributed by atoms with van der Waals surface area (Å²) in [7, 11) is 2.12. The molecule has 1 saturated heterocycles. The van der Waals surface area contributed by atoms with E-state index in [1.54, 1.807) is 0 Å². The fourth-order valence-corrected chi connectivity index (χ4v) is 1.37. The predicted octanol–water partition coefficient (Wildman–Crippen LogP) is 1.24. The number of nitrogens with zero attached hydrogens (tertiary/aromatic N) is 2. The minimum Gasteiger partial charge on any atom is -0.306 e. The zero-order chi connectivity index (χ0) is 7.40. The standard InChI is InChI=1S/C8H14N2/c1-10-5-2-3-8(7-9)4-6-10/h8H,2-6H2,1H3. The first-order chi connectivity index (χ1) is 4.83. The molecule has 0 aromatic heterocycles. The van der Waals surface area contributed by atoms with Crippen LogP contribution in [0.5, 0.6) is 0 Å². The van der Waals surface area contributed by atoms with Crippen molar-refractivity contribution in [2.24, 2.45) is 5.92 Å². The summed E-state index contributed by atoms with van der Waals surface area (Å²) >= 11 is 0. The van der Waals surface area contributed by atoms with Gasteiger partial charge in [-0.05, 0) is 39.4 Å². The molecule has 56 valence electrons. The molecule has 1 fully saturated rings. The lowest BCUT2D eigenvalue weighted by molar-refractivity contribution is 0.346. The monoisotopic (exact) mass is 138 g/mol. The molecule has 0 aromatic rings. The average molecular weight is 138 g/mol. The van der Waals surface area contributed by atoms with Crippen molar-refractivity contribution in [3.05, 3.63) is 0 Å². The van der Waals surface area contributed by atoms with Gasteiger partial charge in [0.1, 0.15) is 0 Å². The van der Waals surface area contributed by atoms with E-state index >= 15 is 0 Å². The summed E-state index contributed by atoms with van der Waals surface area (Å²) in [5, 5.41) is 8.63. The zero-order valence-electron chi connectivity index (χ0n) is 6.51. The maximum Gasteiger partial charge on any atom is 0.0656 e. The molecule has 0 amide bonds. The van der Waals surface area contributed by atoms with Gasteiger partial charge in [-0.1, -0.05) is 0 Å². The Morgan fingerprint density at radius 3 is 2.90 bits per heavy atom. The molecule has 0 saturated carbocycles. The Kier molecular flexibility index (Phi) is 2.70. The average Bonchev–Trinajstić information content (AvgIpc) is 2.14. The molecule has 10 heavy (non-hydrogen) atoms. The van der Waals surface area contributed by atoms with Gasteiger partial charge in [-0.2, -0.15) is 5.26 Å². The summed E-state index contributed by atoms with van der Waals surface area (Å²) in [6.45, 7) is 2.26. The lowest BCUT2D eigenvalue weighted by Crippen LogP contribution is -2.18. The first-order valence-electron chi connectivity index (χ1n) is 3.91. The molecule has 1 heterocycles. The molecule has 0 radical (unpaired) electrons. The Balaban J connectivity index is 2.35. The third-order valence-electron chi connectivity index (χ3n) is 2.13. The SMILES string of the molecule is CN1CCCC(C#N)CC1. The Hall–Kier alpha value is -0.550. The summed E-state index contributed by atoms with van der Waals surface area (Å²) < 4.78 is 0. The number of nitriles is 1.